The van der Waals surface area contributed by atoms with Crippen LogP contribution in [0, 0.1) is 6.92 Å². The lowest BCUT2D eigenvalue weighted by Crippen LogP contribution is -2.21. The smallest absolute Gasteiger partial charge is 0.137 e. The topological polar surface area (TPSA) is 41.1 Å². The predicted octanol–water partition coefficient (Wildman–Crippen LogP) is 4.04. The molecular weight excluding hydrogens is 280 g/mol. The second-order valence-corrected chi connectivity index (χ2v) is 6.33. The summed E-state index contributed by atoms with van der Waals surface area (Å²) >= 11 is 1.73. The molecule has 2 rings (SSSR count). The van der Waals surface area contributed by atoms with Gasteiger partial charge in [0.15, 0.2) is 0 Å². The highest BCUT2D eigenvalue weighted by Gasteiger charge is 2.16. The third kappa shape index (κ3) is 3.73. The lowest BCUT2D eigenvalue weighted by Gasteiger charge is -2.23. The second kappa shape index (κ2) is 6.89. The summed E-state index contributed by atoms with van der Waals surface area (Å²) in [6, 6.07) is 2.16. The van der Waals surface area contributed by atoms with E-state index in [0.29, 0.717) is 5.92 Å². The summed E-state index contributed by atoms with van der Waals surface area (Å²) in [6.07, 6.45) is 0. The van der Waals surface area contributed by atoms with Crippen LogP contribution in [0.15, 0.2) is 16.8 Å². The molecule has 0 aromatic carbocycles. The maximum atomic E-state index is 4.77. The SMILES string of the molecule is CCNc1nc(C(C)C)nc(N(C)Cc2ccsc2)c1C. The molecule has 0 spiro atoms. The number of aromatic nitrogens is 2. The van der Waals surface area contributed by atoms with Gasteiger partial charge in [0, 0.05) is 31.6 Å². The van der Waals surface area contributed by atoms with Gasteiger partial charge in [-0.1, -0.05) is 13.8 Å². The normalized spacial score (nSPS) is 11.0. The average molecular weight is 304 g/mol. The molecule has 0 aliphatic carbocycles. The minimum absolute atomic E-state index is 0.316. The Kier molecular flexibility index (Phi) is 5.17. The van der Waals surface area contributed by atoms with Crippen LogP contribution in [0.25, 0.3) is 0 Å². The van der Waals surface area contributed by atoms with Crippen molar-refractivity contribution in [3.05, 3.63) is 33.8 Å². The van der Waals surface area contributed by atoms with Crippen LogP contribution in [0.1, 0.15) is 43.6 Å². The summed E-state index contributed by atoms with van der Waals surface area (Å²) in [6.45, 7) is 10.2. The zero-order valence-electron chi connectivity index (χ0n) is 13.5. The molecule has 2 heterocycles. The van der Waals surface area contributed by atoms with E-state index in [2.05, 4.69) is 66.8 Å². The maximum absolute atomic E-state index is 4.77. The minimum atomic E-state index is 0.316. The van der Waals surface area contributed by atoms with Crippen LogP contribution in [0.5, 0.6) is 0 Å². The van der Waals surface area contributed by atoms with Gasteiger partial charge < -0.3 is 10.2 Å². The van der Waals surface area contributed by atoms with E-state index in [1.165, 1.54) is 5.56 Å². The van der Waals surface area contributed by atoms with Crippen molar-refractivity contribution in [2.75, 3.05) is 23.8 Å². The standard InChI is InChI=1S/C16H24N4S/c1-6-17-15-12(4)16(19-14(18-15)11(2)3)20(5)9-13-7-8-21-10-13/h7-8,10-11H,6,9H2,1-5H3,(H,17,18,19). The van der Waals surface area contributed by atoms with Crippen molar-refractivity contribution in [1.29, 1.82) is 0 Å². The van der Waals surface area contributed by atoms with Crippen LogP contribution in [0.3, 0.4) is 0 Å². The molecule has 0 fully saturated rings. The van der Waals surface area contributed by atoms with Crippen molar-refractivity contribution in [2.45, 2.75) is 40.2 Å². The Morgan fingerprint density at radius 2 is 2.10 bits per heavy atom. The molecule has 0 aliphatic heterocycles. The number of nitrogens with one attached hydrogen (secondary N) is 1. The lowest BCUT2D eigenvalue weighted by molar-refractivity contribution is 0.759. The van der Waals surface area contributed by atoms with Gasteiger partial charge in [-0.3, -0.25) is 0 Å². The molecule has 0 radical (unpaired) electrons. The summed E-state index contributed by atoms with van der Waals surface area (Å²) in [5.74, 6) is 3.17. The van der Waals surface area contributed by atoms with Crippen LogP contribution in [0.2, 0.25) is 0 Å². The molecule has 1 N–H and O–H groups in total. The number of nitrogens with zero attached hydrogens (tertiary/aromatic N) is 3. The molecule has 5 heteroatoms. The molecule has 0 amide bonds. The summed E-state index contributed by atoms with van der Waals surface area (Å²) < 4.78 is 0. The van der Waals surface area contributed by atoms with E-state index in [1.54, 1.807) is 11.3 Å². The van der Waals surface area contributed by atoms with Crippen molar-refractivity contribution in [2.24, 2.45) is 0 Å². The fourth-order valence-corrected chi connectivity index (χ4v) is 2.88. The Bertz CT molecular complexity index is 578. The summed E-state index contributed by atoms with van der Waals surface area (Å²) in [5.41, 5.74) is 2.43. The number of hydrogen-bond donors (Lipinski definition) is 1. The monoisotopic (exact) mass is 304 g/mol. The van der Waals surface area contributed by atoms with E-state index >= 15 is 0 Å². The molecule has 0 saturated heterocycles. The first-order valence-corrected chi connectivity index (χ1v) is 8.31. The van der Waals surface area contributed by atoms with E-state index in [9.17, 15) is 0 Å². The van der Waals surface area contributed by atoms with Gasteiger partial charge in [-0.2, -0.15) is 11.3 Å². The summed E-state index contributed by atoms with van der Waals surface area (Å²) in [7, 11) is 2.09. The van der Waals surface area contributed by atoms with Crippen molar-refractivity contribution in [1.82, 2.24) is 9.97 Å². The third-order valence-corrected chi connectivity index (χ3v) is 4.09. The fraction of sp³-hybridized carbons (Fsp3) is 0.500. The zero-order valence-corrected chi connectivity index (χ0v) is 14.3. The first-order valence-electron chi connectivity index (χ1n) is 7.37. The molecule has 21 heavy (non-hydrogen) atoms. The number of anilines is 2. The summed E-state index contributed by atoms with van der Waals surface area (Å²) in [4.78, 5) is 11.6. The van der Waals surface area contributed by atoms with Crippen LogP contribution in [-0.2, 0) is 6.54 Å². The third-order valence-electron chi connectivity index (χ3n) is 3.36. The molecule has 2 aromatic heterocycles. The average Bonchev–Trinajstić information content (AvgIpc) is 2.93. The van der Waals surface area contributed by atoms with Crippen molar-refractivity contribution in [3.63, 3.8) is 0 Å². The van der Waals surface area contributed by atoms with Gasteiger partial charge >= 0.3 is 0 Å². The van der Waals surface area contributed by atoms with E-state index in [1.807, 2.05) is 0 Å². The van der Waals surface area contributed by atoms with Gasteiger partial charge in [0.05, 0.1) is 0 Å². The number of hydrogen-bond acceptors (Lipinski definition) is 5. The Balaban J connectivity index is 2.35. The van der Waals surface area contributed by atoms with Gasteiger partial charge in [-0.25, -0.2) is 9.97 Å². The first kappa shape index (κ1) is 15.8. The Hall–Kier alpha value is -1.62. The van der Waals surface area contributed by atoms with E-state index in [-0.39, 0.29) is 0 Å². The van der Waals surface area contributed by atoms with Crippen LogP contribution < -0.4 is 10.2 Å². The highest BCUT2D eigenvalue weighted by Crippen LogP contribution is 2.26. The van der Waals surface area contributed by atoms with Crippen LogP contribution in [0.4, 0.5) is 11.6 Å². The van der Waals surface area contributed by atoms with Gasteiger partial charge in [0.2, 0.25) is 0 Å². The zero-order chi connectivity index (χ0) is 15.4. The predicted molar refractivity (Wildman–Crippen MR) is 91.4 cm³/mol. The minimum Gasteiger partial charge on any atom is -0.370 e. The molecule has 0 atom stereocenters. The molecule has 114 valence electrons. The maximum Gasteiger partial charge on any atom is 0.137 e. The highest BCUT2D eigenvalue weighted by atomic mass is 32.1. The van der Waals surface area contributed by atoms with Gasteiger partial charge in [-0.15, -0.1) is 0 Å². The number of thiophene rings is 1. The van der Waals surface area contributed by atoms with Gasteiger partial charge in [-0.05, 0) is 36.2 Å². The van der Waals surface area contributed by atoms with Crippen LogP contribution >= 0.6 is 11.3 Å². The molecule has 2 aromatic rings. The molecular formula is C16H24N4S. The highest BCUT2D eigenvalue weighted by molar-refractivity contribution is 7.07. The largest absolute Gasteiger partial charge is 0.370 e. The molecule has 0 aliphatic rings. The molecule has 0 unspecified atom stereocenters. The molecule has 0 bridgehead atoms. The van der Waals surface area contributed by atoms with Gasteiger partial charge in [0.25, 0.3) is 0 Å². The Morgan fingerprint density at radius 3 is 2.67 bits per heavy atom. The van der Waals surface area contributed by atoms with Crippen molar-refractivity contribution < 1.29 is 0 Å². The molecule has 0 saturated carbocycles. The van der Waals surface area contributed by atoms with Crippen molar-refractivity contribution >= 4 is 23.0 Å². The lowest BCUT2D eigenvalue weighted by atomic mass is 10.2. The van der Waals surface area contributed by atoms with Crippen molar-refractivity contribution in [3.8, 4) is 0 Å². The summed E-state index contributed by atoms with van der Waals surface area (Å²) in [5, 5.41) is 7.64. The second-order valence-electron chi connectivity index (χ2n) is 5.55. The number of rotatable bonds is 6. The quantitative estimate of drug-likeness (QED) is 0.874. The fourth-order valence-electron chi connectivity index (χ4n) is 2.22. The molecule has 4 nitrogen and oxygen atoms in total. The van der Waals surface area contributed by atoms with Crippen LogP contribution in [-0.4, -0.2) is 23.6 Å². The Labute approximate surface area is 131 Å². The van der Waals surface area contributed by atoms with Gasteiger partial charge in [0.1, 0.15) is 17.5 Å². The Morgan fingerprint density at radius 1 is 1.33 bits per heavy atom. The van der Waals surface area contributed by atoms with E-state index in [0.717, 1.165) is 36.1 Å². The first-order chi connectivity index (χ1) is 10.0. The van der Waals surface area contributed by atoms with E-state index < -0.39 is 0 Å². The van der Waals surface area contributed by atoms with E-state index in [4.69, 9.17) is 4.98 Å².